The van der Waals surface area contributed by atoms with Crippen LogP contribution in [0.5, 0.6) is 0 Å². The summed E-state index contributed by atoms with van der Waals surface area (Å²) in [6.45, 7) is 4.07. The maximum Gasteiger partial charge on any atom is 0.326 e. The minimum atomic E-state index is -0.0144. The van der Waals surface area contributed by atoms with Gasteiger partial charge >= 0.3 is 5.69 Å². The molecule has 1 fully saturated rings. The highest BCUT2D eigenvalue weighted by molar-refractivity contribution is 5.75. The Morgan fingerprint density at radius 2 is 1.92 bits per heavy atom. The van der Waals surface area contributed by atoms with Crippen LogP contribution in [0.1, 0.15) is 43.0 Å². The number of likely N-dealkylation sites (tertiary alicyclic amines) is 1. The molecule has 1 aliphatic rings. The largest absolute Gasteiger partial charge is 0.326 e. The van der Waals surface area contributed by atoms with Gasteiger partial charge in [-0.15, -0.1) is 0 Å². The molecule has 0 saturated carbocycles. The normalized spacial score (nSPS) is 17.2. The van der Waals surface area contributed by atoms with Gasteiger partial charge in [-0.3, -0.25) is 9.47 Å². The summed E-state index contributed by atoms with van der Waals surface area (Å²) < 4.78 is 1.92. The molecule has 1 aliphatic heterocycles. The first-order valence-corrected chi connectivity index (χ1v) is 9.11. The zero-order chi connectivity index (χ0) is 18.1. The van der Waals surface area contributed by atoms with Gasteiger partial charge in [-0.05, 0) is 49.6 Å². The molecule has 2 heterocycles. The smallest absolute Gasteiger partial charge is 0.306 e. The van der Waals surface area contributed by atoms with E-state index in [-0.39, 0.29) is 17.8 Å². The minimum absolute atomic E-state index is 0.0144. The number of H-pyrrole nitrogens is 1. The fourth-order valence-corrected chi connectivity index (χ4v) is 4.05. The van der Waals surface area contributed by atoms with Crippen molar-refractivity contribution in [1.82, 2.24) is 14.5 Å². The van der Waals surface area contributed by atoms with Gasteiger partial charge in [-0.2, -0.15) is 5.26 Å². The molecule has 0 bridgehead atoms. The number of nitrogens with zero attached hydrogens (tertiary/aromatic N) is 3. The van der Waals surface area contributed by atoms with E-state index in [2.05, 4.69) is 28.9 Å². The number of piperidine rings is 1. The molecule has 4 rings (SSSR count). The Hall–Kier alpha value is -2.84. The van der Waals surface area contributed by atoms with Crippen LogP contribution in [0.4, 0.5) is 0 Å². The number of nitrogens with one attached hydrogen (secondary N) is 1. The number of rotatable bonds is 3. The molecule has 5 heteroatoms. The molecule has 1 unspecified atom stereocenters. The molecule has 5 nitrogen and oxygen atoms in total. The number of hydrogen-bond acceptors (Lipinski definition) is 3. The first-order chi connectivity index (χ1) is 12.7. The van der Waals surface area contributed by atoms with E-state index < -0.39 is 0 Å². The van der Waals surface area contributed by atoms with E-state index in [4.69, 9.17) is 5.26 Å². The van der Waals surface area contributed by atoms with Crippen molar-refractivity contribution >= 4 is 11.0 Å². The van der Waals surface area contributed by atoms with Gasteiger partial charge in [0.05, 0.1) is 22.7 Å². The number of hydrogen-bond donors (Lipinski definition) is 1. The fraction of sp³-hybridized carbons (Fsp3) is 0.333. The lowest BCUT2D eigenvalue weighted by Crippen LogP contribution is -2.38. The third-order valence-corrected chi connectivity index (χ3v) is 5.53. The van der Waals surface area contributed by atoms with Gasteiger partial charge in [0, 0.05) is 25.2 Å². The van der Waals surface area contributed by atoms with Gasteiger partial charge in [0.25, 0.3) is 0 Å². The second kappa shape index (κ2) is 6.81. The SMILES string of the molecule is CC(c1cccc(C#N)c1)N1CCC(n2c(=O)[nH]c3ccccc32)CC1. The Bertz CT molecular complexity index is 1020. The molecular weight excluding hydrogens is 324 g/mol. The highest BCUT2D eigenvalue weighted by atomic mass is 16.1. The minimum Gasteiger partial charge on any atom is -0.306 e. The second-order valence-electron chi connectivity index (χ2n) is 7.00. The zero-order valence-corrected chi connectivity index (χ0v) is 14.9. The summed E-state index contributed by atoms with van der Waals surface area (Å²) in [6.07, 6.45) is 1.90. The predicted molar refractivity (Wildman–Crippen MR) is 102 cm³/mol. The molecule has 26 heavy (non-hydrogen) atoms. The highest BCUT2D eigenvalue weighted by Gasteiger charge is 2.26. The molecule has 2 aromatic carbocycles. The average molecular weight is 346 g/mol. The molecule has 1 N–H and O–H groups in total. The van der Waals surface area contributed by atoms with Gasteiger partial charge in [-0.1, -0.05) is 24.3 Å². The second-order valence-corrected chi connectivity index (χ2v) is 7.00. The summed E-state index contributed by atoms with van der Waals surface area (Å²) in [5.74, 6) is 0. The molecule has 0 amide bonds. The Morgan fingerprint density at radius 3 is 2.69 bits per heavy atom. The third kappa shape index (κ3) is 2.93. The standard InChI is InChI=1S/C21H22N4O/c1-15(17-6-4-5-16(13-17)14-22)24-11-9-18(10-12-24)25-20-8-3-2-7-19(20)23-21(25)26/h2-8,13,15,18H,9-12H2,1H3,(H,23,26). The number of fused-ring (bicyclic) bond motifs is 1. The maximum atomic E-state index is 12.4. The van der Waals surface area contributed by atoms with E-state index in [0.717, 1.165) is 37.0 Å². The van der Waals surface area contributed by atoms with Crippen LogP contribution in [0.3, 0.4) is 0 Å². The van der Waals surface area contributed by atoms with Crippen LogP contribution >= 0.6 is 0 Å². The first-order valence-electron chi connectivity index (χ1n) is 9.11. The summed E-state index contributed by atoms with van der Waals surface area (Å²) in [7, 11) is 0. The highest BCUT2D eigenvalue weighted by Crippen LogP contribution is 2.30. The summed E-state index contributed by atoms with van der Waals surface area (Å²) in [6, 6.07) is 18.4. The van der Waals surface area contributed by atoms with Crippen molar-refractivity contribution in [3.05, 3.63) is 70.1 Å². The van der Waals surface area contributed by atoms with E-state index in [1.807, 2.05) is 47.0 Å². The number of para-hydroxylation sites is 2. The lowest BCUT2D eigenvalue weighted by atomic mass is 9.99. The number of aromatic amines is 1. The molecule has 1 atom stereocenters. The van der Waals surface area contributed by atoms with Crippen molar-refractivity contribution < 1.29 is 0 Å². The lowest BCUT2D eigenvalue weighted by Gasteiger charge is -2.36. The molecule has 132 valence electrons. The van der Waals surface area contributed by atoms with E-state index in [1.165, 1.54) is 5.56 Å². The van der Waals surface area contributed by atoms with E-state index in [1.54, 1.807) is 0 Å². The van der Waals surface area contributed by atoms with Gasteiger partial charge < -0.3 is 4.98 Å². The Labute approximate surface area is 152 Å². The Kier molecular flexibility index (Phi) is 4.36. The molecule has 0 spiro atoms. The van der Waals surface area contributed by atoms with E-state index >= 15 is 0 Å². The van der Waals surface area contributed by atoms with Crippen LogP contribution in [-0.2, 0) is 0 Å². The summed E-state index contributed by atoms with van der Waals surface area (Å²) in [4.78, 5) is 17.8. The van der Waals surface area contributed by atoms with E-state index in [0.29, 0.717) is 5.56 Å². The van der Waals surface area contributed by atoms with E-state index in [9.17, 15) is 4.79 Å². The number of imidazole rings is 1. The quantitative estimate of drug-likeness (QED) is 0.788. The van der Waals surface area contributed by atoms with Crippen molar-refractivity contribution in [1.29, 1.82) is 5.26 Å². The summed E-state index contributed by atoms with van der Waals surface area (Å²) in [5, 5.41) is 9.11. The van der Waals surface area contributed by atoms with Crippen molar-refractivity contribution in [3.8, 4) is 6.07 Å². The molecule has 0 radical (unpaired) electrons. The van der Waals surface area contributed by atoms with Crippen LogP contribution in [0, 0.1) is 11.3 Å². The number of aromatic nitrogens is 2. The molecular formula is C21H22N4O. The molecule has 0 aliphatic carbocycles. The van der Waals surface area contributed by atoms with Crippen LogP contribution < -0.4 is 5.69 Å². The van der Waals surface area contributed by atoms with Gasteiger partial charge in [0.1, 0.15) is 0 Å². The van der Waals surface area contributed by atoms with Crippen molar-refractivity contribution in [2.24, 2.45) is 0 Å². The predicted octanol–water partition coefficient (Wildman–Crippen LogP) is 3.60. The number of benzene rings is 2. The van der Waals surface area contributed by atoms with Gasteiger partial charge in [0.15, 0.2) is 0 Å². The van der Waals surface area contributed by atoms with Crippen LogP contribution in [0.25, 0.3) is 11.0 Å². The average Bonchev–Trinajstić information content (AvgIpc) is 3.03. The lowest BCUT2D eigenvalue weighted by molar-refractivity contribution is 0.144. The number of nitriles is 1. The van der Waals surface area contributed by atoms with Crippen LogP contribution in [0.15, 0.2) is 53.3 Å². The molecule has 1 aromatic heterocycles. The third-order valence-electron chi connectivity index (χ3n) is 5.53. The van der Waals surface area contributed by atoms with Gasteiger partial charge in [0.2, 0.25) is 0 Å². The zero-order valence-electron chi connectivity index (χ0n) is 14.9. The van der Waals surface area contributed by atoms with Crippen molar-refractivity contribution in [3.63, 3.8) is 0 Å². The monoisotopic (exact) mass is 346 g/mol. The topological polar surface area (TPSA) is 64.8 Å². The van der Waals surface area contributed by atoms with Crippen molar-refractivity contribution in [2.45, 2.75) is 31.8 Å². The van der Waals surface area contributed by atoms with Crippen molar-refractivity contribution in [2.75, 3.05) is 13.1 Å². The van der Waals surface area contributed by atoms with Crippen LogP contribution in [-0.4, -0.2) is 27.5 Å². The summed E-state index contributed by atoms with van der Waals surface area (Å²) >= 11 is 0. The van der Waals surface area contributed by atoms with Crippen LogP contribution in [0.2, 0.25) is 0 Å². The Morgan fingerprint density at radius 1 is 1.15 bits per heavy atom. The molecule has 1 saturated heterocycles. The fourth-order valence-electron chi connectivity index (χ4n) is 4.05. The summed E-state index contributed by atoms with van der Waals surface area (Å²) in [5.41, 5.74) is 3.76. The Balaban J connectivity index is 1.51. The van der Waals surface area contributed by atoms with Gasteiger partial charge in [-0.25, -0.2) is 4.79 Å². The molecule has 3 aromatic rings. The maximum absolute atomic E-state index is 12.4. The first kappa shape index (κ1) is 16.6.